The molecule has 0 unspecified atom stereocenters. The summed E-state index contributed by atoms with van der Waals surface area (Å²) >= 11 is 8.95. The number of hydrogen-bond acceptors (Lipinski definition) is 4. The molecule has 2 rings (SSSR count). The smallest absolute Gasteiger partial charge is 0.258 e. The van der Waals surface area contributed by atoms with E-state index in [1.54, 1.807) is 18.2 Å². The van der Waals surface area contributed by atoms with Gasteiger partial charge in [0.1, 0.15) is 5.15 Å². The molecule has 18 heavy (non-hydrogen) atoms. The average Bonchev–Trinajstić information content (AvgIpc) is 2.32. The zero-order valence-electron chi connectivity index (χ0n) is 9.02. The second-order valence-electron chi connectivity index (χ2n) is 3.39. The van der Waals surface area contributed by atoms with Crippen LogP contribution in [0.2, 0.25) is 5.15 Å². The molecule has 0 aliphatic rings. The van der Waals surface area contributed by atoms with Gasteiger partial charge in [-0.2, -0.15) is 0 Å². The summed E-state index contributed by atoms with van der Waals surface area (Å²) in [7, 11) is 0. The first-order valence-electron chi connectivity index (χ1n) is 4.91. The van der Waals surface area contributed by atoms with Crippen molar-refractivity contribution in [2.75, 3.05) is 11.1 Å². The highest BCUT2D eigenvalue weighted by Gasteiger charge is 2.09. The fraction of sp³-hybridized carbons (Fsp3) is 0. The monoisotopic (exact) mass is 326 g/mol. The van der Waals surface area contributed by atoms with E-state index in [-0.39, 0.29) is 17.0 Å². The molecular formula is C11H8BrClN4O. The van der Waals surface area contributed by atoms with Gasteiger partial charge in [-0.1, -0.05) is 11.6 Å². The van der Waals surface area contributed by atoms with Crippen molar-refractivity contribution < 1.29 is 4.79 Å². The van der Waals surface area contributed by atoms with Crippen molar-refractivity contribution in [1.82, 2.24) is 9.97 Å². The van der Waals surface area contributed by atoms with Crippen LogP contribution in [-0.2, 0) is 0 Å². The maximum Gasteiger partial charge on any atom is 0.258 e. The van der Waals surface area contributed by atoms with Crippen LogP contribution in [0.25, 0.3) is 0 Å². The Kier molecular flexibility index (Phi) is 3.78. The molecule has 1 heterocycles. The summed E-state index contributed by atoms with van der Waals surface area (Å²) in [5, 5.41) is 2.79. The van der Waals surface area contributed by atoms with Gasteiger partial charge < -0.3 is 5.73 Å². The second kappa shape index (κ2) is 5.32. The van der Waals surface area contributed by atoms with Crippen LogP contribution in [0.1, 0.15) is 10.4 Å². The minimum atomic E-state index is -0.350. The predicted octanol–water partition coefficient (Wildman–Crippen LogP) is 2.73. The van der Waals surface area contributed by atoms with E-state index in [9.17, 15) is 4.79 Å². The fourth-order valence-electron chi connectivity index (χ4n) is 1.26. The lowest BCUT2D eigenvalue weighted by Crippen LogP contribution is -2.14. The molecule has 1 aromatic carbocycles. The lowest BCUT2D eigenvalue weighted by Gasteiger charge is -2.05. The molecule has 1 aromatic heterocycles. The standard InChI is InChI=1S/C11H8BrClN4O/c12-7-2-1-6(5-8(7)14)10(18)17-11-15-4-3-9(13)16-11/h1-5H,14H2,(H,15,16,17,18). The molecule has 0 saturated carbocycles. The number of benzene rings is 1. The Labute approximate surface area is 117 Å². The molecule has 3 N–H and O–H groups in total. The SMILES string of the molecule is Nc1cc(C(=O)Nc2nccc(Cl)n2)ccc1Br. The number of aromatic nitrogens is 2. The van der Waals surface area contributed by atoms with E-state index in [1.165, 1.54) is 12.3 Å². The van der Waals surface area contributed by atoms with Gasteiger partial charge in [0.25, 0.3) is 5.91 Å². The summed E-state index contributed by atoms with van der Waals surface area (Å²) < 4.78 is 0.734. The molecule has 0 spiro atoms. The minimum Gasteiger partial charge on any atom is -0.398 e. The van der Waals surface area contributed by atoms with E-state index in [1.807, 2.05) is 0 Å². The number of nitrogens with zero attached hydrogens (tertiary/aromatic N) is 2. The number of hydrogen-bond donors (Lipinski definition) is 2. The van der Waals surface area contributed by atoms with Crippen LogP contribution in [0.4, 0.5) is 11.6 Å². The quantitative estimate of drug-likeness (QED) is 0.656. The van der Waals surface area contributed by atoms with Crippen LogP contribution in [0.3, 0.4) is 0 Å². The van der Waals surface area contributed by atoms with Gasteiger partial charge in [-0.05, 0) is 40.2 Å². The summed E-state index contributed by atoms with van der Waals surface area (Å²) in [5.74, 6) is -0.203. The summed E-state index contributed by atoms with van der Waals surface area (Å²) in [5.41, 5.74) is 6.59. The van der Waals surface area contributed by atoms with E-state index in [0.717, 1.165) is 4.47 Å². The molecule has 0 aliphatic heterocycles. The molecule has 7 heteroatoms. The molecule has 2 aromatic rings. The number of nitrogen functional groups attached to an aromatic ring is 1. The van der Waals surface area contributed by atoms with Crippen molar-refractivity contribution in [1.29, 1.82) is 0 Å². The molecule has 5 nitrogen and oxygen atoms in total. The van der Waals surface area contributed by atoms with Crippen molar-refractivity contribution >= 4 is 45.1 Å². The van der Waals surface area contributed by atoms with Crippen LogP contribution in [0.15, 0.2) is 34.9 Å². The molecule has 1 amide bonds. The van der Waals surface area contributed by atoms with Gasteiger partial charge in [0.15, 0.2) is 0 Å². The van der Waals surface area contributed by atoms with Crippen molar-refractivity contribution in [2.45, 2.75) is 0 Å². The molecule has 0 radical (unpaired) electrons. The zero-order chi connectivity index (χ0) is 13.1. The third-order valence-electron chi connectivity index (χ3n) is 2.11. The lowest BCUT2D eigenvalue weighted by molar-refractivity contribution is 0.102. The molecule has 0 fully saturated rings. The van der Waals surface area contributed by atoms with Crippen LogP contribution < -0.4 is 11.1 Å². The van der Waals surface area contributed by atoms with Crippen LogP contribution in [0.5, 0.6) is 0 Å². The molecular weight excluding hydrogens is 320 g/mol. The summed E-state index contributed by atoms with van der Waals surface area (Å²) in [6.45, 7) is 0. The maximum atomic E-state index is 11.9. The minimum absolute atomic E-state index is 0.147. The van der Waals surface area contributed by atoms with Gasteiger partial charge in [0.05, 0.1) is 0 Å². The van der Waals surface area contributed by atoms with E-state index >= 15 is 0 Å². The number of carbonyl (C=O) groups is 1. The number of halogens is 2. The third kappa shape index (κ3) is 2.96. The van der Waals surface area contributed by atoms with Gasteiger partial charge in [0.2, 0.25) is 5.95 Å². The number of amides is 1. The van der Waals surface area contributed by atoms with E-state index in [4.69, 9.17) is 17.3 Å². The Morgan fingerprint density at radius 3 is 2.83 bits per heavy atom. The Balaban J connectivity index is 2.19. The van der Waals surface area contributed by atoms with Crippen molar-refractivity contribution in [2.24, 2.45) is 0 Å². The zero-order valence-corrected chi connectivity index (χ0v) is 11.4. The Hall–Kier alpha value is -1.66. The second-order valence-corrected chi connectivity index (χ2v) is 4.63. The first-order valence-corrected chi connectivity index (χ1v) is 6.08. The fourth-order valence-corrected chi connectivity index (χ4v) is 1.64. The average molecular weight is 328 g/mol. The normalized spacial score (nSPS) is 10.1. The summed E-state index contributed by atoms with van der Waals surface area (Å²) in [6.07, 6.45) is 1.46. The van der Waals surface area contributed by atoms with Gasteiger partial charge >= 0.3 is 0 Å². The highest BCUT2D eigenvalue weighted by Crippen LogP contribution is 2.20. The lowest BCUT2D eigenvalue weighted by atomic mass is 10.2. The van der Waals surface area contributed by atoms with E-state index in [0.29, 0.717) is 11.3 Å². The van der Waals surface area contributed by atoms with Crippen LogP contribution >= 0.6 is 27.5 Å². The largest absolute Gasteiger partial charge is 0.398 e. The first-order chi connectivity index (χ1) is 8.56. The van der Waals surface area contributed by atoms with E-state index in [2.05, 4.69) is 31.2 Å². The maximum absolute atomic E-state index is 11.9. The van der Waals surface area contributed by atoms with Gasteiger partial charge in [-0.3, -0.25) is 10.1 Å². The summed E-state index contributed by atoms with van der Waals surface area (Å²) in [4.78, 5) is 19.6. The molecule has 0 atom stereocenters. The topological polar surface area (TPSA) is 80.9 Å². The summed E-state index contributed by atoms with van der Waals surface area (Å²) in [6, 6.07) is 6.42. The number of nitrogens with two attached hydrogens (primary N) is 1. The number of anilines is 2. The van der Waals surface area contributed by atoms with Gasteiger partial charge in [-0.25, -0.2) is 9.97 Å². The number of carbonyl (C=O) groups excluding carboxylic acids is 1. The van der Waals surface area contributed by atoms with Crippen LogP contribution in [-0.4, -0.2) is 15.9 Å². The highest BCUT2D eigenvalue weighted by molar-refractivity contribution is 9.10. The molecule has 0 aliphatic carbocycles. The number of nitrogens with one attached hydrogen (secondary N) is 1. The Bertz CT molecular complexity index is 605. The van der Waals surface area contributed by atoms with Gasteiger partial charge in [-0.15, -0.1) is 0 Å². The van der Waals surface area contributed by atoms with Crippen molar-refractivity contribution in [3.05, 3.63) is 45.7 Å². The highest BCUT2D eigenvalue weighted by atomic mass is 79.9. The first kappa shape index (κ1) is 12.8. The molecule has 0 saturated heterocycles. The number of rotatable bonds is 2. The predicted molar refractivity (Wildman–Crippen MR) is 73.5 cm³/mol. The molecule has 92 valence electrons. The third-order valence-corrected chi connectivity index (χ3v) is 3.04. The van der Waals surface area contributed by atoms with Crippen LogP contribution in [0, 0.1) is 0 Å². The molecule has 0 bridgehead atoms. The van der Waals surface area contributed by atoms with Crippen molar-refractivity contribution in [3.63, 3.8) is 0 Å². The van der Waals surface area contributed by atoms with Crippen molar-refractivity contribution in [3.8, 4) is 0 Å². The van der Waals surface area contributed by atoms with E-state index < -0.39 is 0 Å². The Morgan fingerprint density at radius 1 is 1.39 bits per heavy atom. The van der Waals surface area contributed by atoms with Gasteiger partial charge in [0, 0.05) is 21.9 Å². The Morgan fingerprint density at radius 2 is 2.17 bits per heavy atom.